The first-order chi connectivity index (χ1) is 15.4. The number of Topliss-reactive ketones (excluding diaryl/α,β-unsaturated/α-hetero) is 1. The molecule has 1 fully saturated rings. The molecule has 8 nitrogen and oxygen atoms in total. The number of nitrogens with zero attached hydrogens (tertiary/aromatic N) is 1. The zero-order chi connectivity index (χ0) is 24.9. The molecule has 2 amide bonds. The summed E-state index contributed by atoms with van der Waals surface area (Å²) >= 11 is 0. The average Bonchev–Trinajstić information content (AvgIpc) is 3.17. The lowest BCUT2D eigenvalue weighted by Gasteiger charge is -2.34. The van der Waals surface area contributed by atoms with Gasteiger partial charge in [0.15, 0.2) is 5.78 Å². The van der Waals surface area contributed by atoms with Gasteiger partial charge in [0, 0.05) is 19.8 Å². The SMILES string of the molecule is COC1CC([C@H](OC)[C@@H](C)C(=O)N[C@H](C)C(=O)c2ccc(F)cc2)N(C(=O)OC(C)(C)C)C1. The van der Waals surface area contributed by atoms with Crippen LogP contribution in [0.2, 0.25) is 0 Å². The summed E-state index contributed by atoms with van der Waals surface area (Å²) in [5, 5.41) is 2.71. The van der Waals surface area contributed by atoms with E-state index in [1.165, 1.54) is 31.4 Å². The van der Waals surface area contributed by atoms with Crippen LogP contribution in [-0.2, 0) is 19.0 Å². The van der Waals surface area contributed by atoms with Crippen molar-refractivity contribution in [2.24, 2.45) is 5.92 Å². The van der Waals surface area contributed by atoms with Crippen LogP contribution in [0.4, 0.5) is 9.18 Å². The zero-order valence-electron chi connectivity index (χ0n) is 20.4. The molecule has 1 N–H and O–H groups in total. The Bertz CT molecular complexity index is 838. The van der Waals surface area contributed by atoms with Gasteiger partial charge in [-0.1, -0.05) is 6.92 Å². The van der Waals surface area contributed by atoms with E-state index in [4.69, 9.17) is 14.2 Å². The zero-order valence-corrected chi connectivity index (χ0v) is 20.4. The first kappa shape index (κ1) is 26.7. The lowest BCUT2D eigenvalue weighted by atomic mass is 9.94. The van der Waals surface area contributed by atoms with Crippen molar-refractivity contribution < 1.29 is 33.0 Å². The molecule has 2 unspecified atom stereocenters. The van der Waals surface area contributed by atoms with Crippen LogP contribution in [0.1, 0.15) is 51.4 Å². The number of halogens is 1. The van der Waals surface area contributed by atoms with Gasteiger partial charge >= 0.3 is 6.09 Å². The van der Waals surface area contributed by atoms with Crippen LogP contribution in [0.25, 0.3) is 0 Å². The molecule has 5 atom stereocenters. The highest BCUT2D eigenvalue weighted by molar-refractivity contribution is 6.01. The van der Waals surface area contributed by atoms with Gasteiger partial charge < -0.3 is 19.5 Å². The number of ketones is 1. The van der Waals surface area contributed by atoms with Gasteiger partial charge in [-0.25, -0.2) is 9.18 Å². The van der Waals surface area contributed by atoms with Gasteiger partial charge in [0.25, 0.3) is 0 Å². The fourth-order valence-corrected chi connectivity index (χ4v) is 3.96. The van der Waals surface area contributed by atoms with Crippen LogP contribution < -0.4 is 5.32 Å². The fourth-order valence-electron chi connectivity index (χ4n) is 3.96. The van der Waals surface area contributed by atoms with Crippen molar-refractivity contribution >= 4 is 17.8 Å². The Morgan fingerprint density at radius 1 is 1.12 bits per heavy atom. The number of carbonyl (C=O) groups excluding carboxylic acids is 3. The molecule has 9 heteroatoms. The molecule has 1 aliphatic rings. The van der Waals surface area contributed by atoms with Crippen LogP contribution in [0, 0.1) is 11.7 Å². The second kappa shape index (κ2) is 11.1. The predicted molar refractivity (Wildman–Crippen MR) is 120 cm³/mol. The molecule has 1 aromatic carbocycles. The molecule has 1 aromatic rings. The number of benzene rings is 1. The maximum absolute atomic E-state index is 13.1. The number of ether oxygens (including phenoxy) is 3. The van der Waals surface area contributed by atoms with Gasteiger partial charge in [0.2, 0.25) is 5.91 Å². The molecular formula is C24H35FN2O6. The first-order valence-corrected chi connectivity index (χ1v) is 11.0. The van der Waals surface area contributed by atoms with Gasteiger partial charge in [-0.15, -0.1) is 0 Å². The highest BCUT2D eigenvalue weighted by Crippen LogP contribution is 2.29. The number of carbonyl (C=O) groups is 3. The van der Waals surface area contributed by atoms with Gasteiger partial charge in [-0.3, -0.25) is 14.5 Å². The Labute approximate surface area is 194 Å². The van der Waals surface area contributed by atoms with Gasteiger partial charge in [0.1, 0.15) is 11.4 Å². The van der Waals surface area contributed by atoms with E-state index in [9.17, 15) is 18.8 Å². The molecule has 2 rings (SSSR count). The van der Waals surface area contributed by atoms with Crippen molar-refractivity contribution in [3.05, 3.63) is 35.6 Å². The molecule has 184 valence electrons. The smallest absolute Gasteiger partial charge is 0.410 e. The highest BCUT2D eigenvalue weighted by atomic mass is 19.1. The van der Waals surface area contributed by atoms with E-state index in [1.807, 2.05) is 0 Å². The summed E-state index contributed by atoms with van der Waals surface area (Å²) in [6.45, 7) is 8.94. The molecule has 1 saturated heterocycles. The number of methoxy groups -OCH3 is 2. The van der Waals surface area contributed by atoms with Crippen molar-refractivity contribution in [1.82, 2.24) is 10.2 Å². The van der Waals surface area contributed by atoms with E-state index >= 15 is 0 Å². The number of amides is 2. The first-order valence-electron chi connectivity index (χ1n) is 11.0. The summed E-state index contributed by atoms with van der Waals surface area (Å²) in [5.41, 5.74) is -0.371. The number of likely N-dealkylation sites (tertiary alicyclic amines) is 1. The Kier molecular flexibility index (Phi) is 8.97. The highest BCUT2D eigenvalue weighted by Gasteiger charge is 2.45. The quantitative estimate of drug-likeness (QED) is 0.592. The van der Waals surface area contributed by atoms with Crippen LogP contribution in [0.5, 0.6) is 0 Å². The van der Waals surface area contributed by atoms with E-state index < -0.39 is 47.5 Å². The summed E-state index contributed by atoms with van der Waals surface area (Å²) in [5.74, 6) is -1.85. The van der Waals surface area contributed by atoms with Crippen LogP contribution >= 0.6 is 0 Å². The number of hydrogen-bond donors (Lipinski definition) is 1. The molecule has 0 radical (unpaired) electrons. The monoisotopic (exact) mass is 466 g/mol. The largest absolute Gasteiger partial charge is 0.444 e. The minimum absolute atomic E-state index is 0.214. The molecule has 33 heavy (non-hydrogen) atoms. The lowest BCUT2D eigenvalue weighted by Crippen LogP contribution is -2.52. The van der Waals surface area contributed by atoms with Crippen molar-refractivity contribution in [3.8, 4) is 0 Å². The molecule has 1 aliphatic heterocycles. The van der Waals surface area contributed by atoms with Gasteiger partial charge in [0.05, 0.1) is 36.8 Å². The minimum atomic E-state index is -0.819. The summed E-state index contributed by atoms with van der Waals surface area (Å²) in [7, 11) is 3.05. The number of hydrogen-bond acceptors (Lipinski definition) is 6. The van der Waals surface area contributed by atoms with Crippen molar-refractivity contribution in [1.29, 1.82) is 0 Å². The van der Waals surface area contributed by atoms with Gasteiger partial charge in [-0.2, -0.15) is 0 Å². The number of nitrogens with one attached hydrogen (secondary N) is 1. The summed E-state index contributed by atoms with van der Waals surface area (Å²) in [6.07, 6.45) is -0.877. The summed E-state index contributed by atoms with van der Waals surface area (Å²) in [6, 6.07) is 3.89. The fraction of sp³-hybridized carbons (Fsp3) is 0.625. The maximum atomic E-state index is 13.1. The minimum Gasteiger partial charge on any atom is -0.444 e. The third kappa shape index (κ3) is 6.98. The standard InChI is InChI=1S/C24H35FN2O6/c1-14(22(29)26-15(2)20(28)16-8-10-17(25)11-9-16)21(32-7)19-12-18(31-6)13-27(19)23(30)33-24(3,4)5/h8-11,14-15,18-19,21H,12-13H2,1-7H3,(H,26,29)/t14-,15-,18?,19?,21-/m1/s1. The molecule has 0 bridgehead atoms. The predicted octanol–water partition coefficient (Wildman–Crippen LogP) is 3.19. The topological polar surface area (TPSA) is 94.2 Å². The summed E-state index contributed by atoms with van der Waals surface area (Å²) < 4.78 is 29.8. The van der Waals surface area contributed by atoms with E-state index in [2.05, 4.69) is 5.32 Å². The summed E-state index contributed by atoms with van der Waals surface area (Å²) in [4.78, 5) is 40.0. The van der Waals surface area contributed by atoms with Crippen LogP contribution in [0.15, 0.2) is 24.3 Å². The lowest BCUT2D eigenvalue weighted by molar-refractivity contribution is -0.131. The average molecular weight is 467 g/mol. The van der Waals surface area contributed by atoms with E-state index in [1.54, 1.807) is 46.6 Å². The van der Waals surface area contributed by atoms with E-state index in [0.717, 1.165) is 0 Å². The molecule has 0 aromatic heterocycles. The Balaban J connectivity index is 2.12. The third-order valence-corrected chi connectivity index (χ3v) is 5.70. The van der Waals surface area contributed by atoms with E-state index in [-0.39, 0.29) is 11.9 Å². The molecular weight excluding hydrogens is 431 g/mol. The molecule has 0 spiro atoms. The third-order valence-electron chi connectivity index (χ3n) is 5.70. The second-order valence-corrected chi connectivity index (χ2v) is 9.38. The van der Waals surface area contributed by atoms with Crippen LogP contribution in [-0.4, -0.2) is 73.3 Å². The normalized spacial score (nSPS) is 21.3. The van der Waals surface area contributed by atoms with Gasteiger partial charge in [-0.05, 0) is 58.4 Å². The van der Waals surface area contributed by atoms with Crippen molar-refractivity contribution in [3.63, 3.8) is 0 Å². The van der Waals surface area contributed by atoms with E-state index in [0.29, 0.717) is 18.5 Å². The second-order valence-electron chi connectivity index (χ2n) is 9.38. The number of rotatable bonds is 8. The van der Waals surface area contributed by atoms with Crippen molar-refractivity contribution in [2.75, 3.05) is 20.8 Å². The Morgan fingerprint density at radius 2 is 1.73 bits per heavy atom. The molecule has 0 aliphatic carbocycles. The maximum Gasteiger partial charge on any atom is 0.410 e. The van der Waals surface area contributed by atoms with Crippen molar-refractivity contribution in [2.45, 2.75) is 70.9 Å². The molecule has 0 saturated carbocycles. The molecule has 1 heterocycles. The Hall–Kier alpha value is -2.52. The van der Waals surface area contributed by atoms with Crippen LogP contribution in [0.3, 0.4) is 0 Å². The Morgan fingerprint density at radius 3 is 2.24 bits per heavy atom.